The second-order valence-electron chi connectivity index (χ2n) is 3.89. The van der Waals surface area contributed by atoms with Crippen LogP contribution >= 0.6 is 15.9 Å². The fourth-order valence-corrected chi connectivity index (χ4v) is 1.88. The third-order valence-electron chi connectivity index (χ3n) is 2.50. The van der Waals surface area contributed by atoms with Gasteiger partial charge in [0.25, 0.3) is 5.69 Å². The number of hydrogen-bond donors (Lipinski definition) is 2. The number of nitrogens with zero attached hydrogens (tertiary/aromatic N) is 2. The number of nitro groups is 1. The molecule has 0 atom stereocenters. The largest absolute Gasteiger partial charge is 0.507 e. The number of aliphatic imine (C=N–C) groups is 1. The van der Waals surface area contributed by atoms with Crippen LogP contribution in [0.15, 0.2) is 45.9 Å². The van der Waals surface area contributed by atoms with Crippen molar-refractivity contribution in [2.75, 3.05) is 0 Å². The molecular formula is C13H9BrN2O4. The van der Waals surface area contributed by atoms with Crippen LogP contribution in [0.3, 0.4) is 0 Å². The zero-order valence-electron chi connectivity index (χ0n) is 10.0. The van der Waals surface area contributed by atoms with Crippen molar-refractivity contribution in [1.82, 2.24) is 0 Å². The van der Waals surface area contributed by atoms with Gasteiger partial charge < -0.3 is 10.2 Å². The van der Waals surface area contributed by atoms with E-state index >= 15 is 0 Å². The van der Waals surface area contributed by atoms with Gasteiger partial charge in [-0.1, -0.05) is 15.9 Å². The molecule has 2 aromatic rings. The van der Waals surface area contributed by atoms with Crippen LogP contribution in [0.5, 0.6) is 11.5 Å². The van der Waals surface area contributed by atoms with Crippen LogP contribution < -0.4 is 0 Å². The Labute approximate surface area is 122 Å². The summed E-state index contributed by atoms with van der Waals surface area (Å²) in [6.07, 6.45) is 1.36. The summed E-state index contributed by atoms with van der Waals surface area (Å²) >= 11 is 3.27. The average Bonchev–Trinajstić information content (AvgIpc) is 2.40. The molecule has 0 spiro atoms. The summed E-state index contributed by atoms with van der Waals surface area (Å²) in [5, 5.41) is 29.8. The molecule has 6 nitrogen and oxygen atoms in total. The fourth-order valence-electron chi connectivity index (χ4n) is 1.50. The Balaban J connectivity index is 2.32. The molecule has 0 radical (unpaired) electrons. The minimum atomic E-state index is -0.604. The number of non-ortho nitro benzene ring substituents is 1. The SMILES string of the molecule is O=[N+]([O-])c1ccc(N=Cc2cc(Br)ccc2O)c(O)c1. The summed E-state index contributed by atoms with van der Waals surface area (Å²) in [7, 11) is 0. The van der Waals surface area contributed by atoms with Crippen LogP contribution in [-0.2, 0) is 0 Å². The Bertz CT molecular complexity index is 701. The third kappa shape index (κ3) is 3.12. The minimum Gasteiger partial charge on any atom is -0.507 e. The van der Waals surface area contributed by atoms with Crippen LogP contribution in [0.25, 0.3) is 0 Å². The highest BCUT2D eigenvalue weighted by Crippen LogP contribution is 2.30. The van der Waals surface area contributed by atoms with Gasteiger partial charge in [0.15, 0.2) is 0 Å². The van der Waals surface area contributed by atoms with E-state index in [1.165, 1.54) is 24.4 Å². The van der Waals surface area contributed by atoms with E-state index in [9.17, 15) is 20.3 Å². The van der Waals surface area contributed by atoms with Gasteiger partial charge in [0.1, 0.15) is 17.2 Å². The highest BCUT2D eigenvalue weighted by molar-refractivity contribution is 9.10. The monoisotopic (exact) mass is 336 g/mol. The van der Waals surface area contributed by atoms with Crippen molar-refractivity contribution >= 4 is 33.5 Å². The lowest BCUT2D eigenvalue weighted by Crippen LogP contribution is -1.87. The van der Waals surface area contributed by atoms with Crippen LogP contribution in [-0.4, -0.2) is 21.4 Å². The first-order chi connectivity index (χ1) is 9.47. The second-order valence-corrected chi connectivity index (χ2v) is 4.81. The fraction of sp³-hybridized carbons (Fsp3) is 0. The molecule has 0 aliphatic rings. The summed E-state index contributed by atoms with van der Waals surface area (Å²) < 4.78 is 0.768. The molecule has 0 saturated carbocycles. The molecule has 0 unspecified atom stereocenters. The van der Waals surface area contributed by atoms with Crippen LogP contribution in [0, 0.1) is 10.1 Å². The number of rotatable bonds is 3. The highest BCUT2D eigenvalue weighted by Gasteiger charge is 2.09. The molecule has 0 aliphatic carbocycles. The first kappa shape index (κ1) is 14.0. The Kier molecular flexibility index (Phi) is 3.99. The van der Waals surface area contributed by atoms with Gasteiger partial charge in [-0.05, 0) is 24.3 Å². The lowest BCUT2D eigenvalue weighted by Gasteiger charge is -2.01. The predicted octanol–water partition coefficient (Wildman–Crippen LogP) is 3.52. The van der Waals surface area contributed by atoms with Gasteiger partial charge in [-0.2, -0.15) is 0 Å². The standard InChI is InChI=1S/C13H9BrN2O4/c14-9-1-4-12(17)8(5-9)7-15-11-3-2-10(16(19)20)6-13(11)18/h1-7,17-18H. The molecule has 20 heavy (non-hydrogen) atoms. The Morgan fingerprint density at radius 3 is 2.55 bits per heavy atom. The maximum Gasteiger partial charge on any atom is 0.273 e. The second kappa shape index (κ2) is 5.70. The minimum absolute atomic E-state index is 0.0401. The Morgan fingerprint density at radius 2 is 1.90 bits per heavy atom. The molecule has 0 aromatic heterocycles. The lowest BCUT2D eigenvalue weighted by molar-refractivity contribution is -0.384. The normalized spacial score (nSPS) is 10.8. The van der Waals surface area contributed by atoms with Gasteiger partial charge in [0.2, 0.25) is 0 Å². The number of phenolic OH excluding ortho intramolecular Hbond substituents is 2. The molecule has 0 saturated heterocycles. The van der Waals surface area contributed by atoms with Crippen molar-refractivity contribution in [3.63, 3.8) is 0 Å². The number of nitro benzene ring substituents is 1. The molecule has 0 heterocycles. The van der Waals surface area contributed by atoms with E-state index in [0.29, 0.717) is 5.56 Å². The van der Waals surface area contributed by atoms with E-state index in [2.05, 4.69) is 20.9 Å². The van der Waals surface area contributed by atoms with Gasteiger partial charge in [-0.25, -0.2) is 0 Å². The topological polar surface area (TPSA) is 96.0 Å². The van der Waals surface area contributed by atoms with Gasteiger partial charge in [0, 0.05) is 22.3 Å². The zero-order chi connectivity index (χ0) is 14.7. The summed E-state index contributed by atoms with van der Waals surface area (Å²) in [6.45, 7) is 0. The Morgan fingerprint density at radius 1 is 1.15 bits per heavy atom. The van der Waals surface area contributed by atoms with Crippen molar-refractivity contribution in [2.24, 2.45) is 4.99 Å². The maximum atomic E-state index is 10.5. The zero-order valence-corrected chi connectivity index (χ0v) is 11.6. The molecule has 102 valence electrons. The smallest absolute Gasteiger partial charge is 0.273 e. The molecule has 7 heteroatoms. The van der Waals surface area contributed by atoms with Crippen molar-refractivity contribution in [1.29, 1.82) is 0 Å². The highest BCUT2D eigenvalue weighted by atomic mass is 79.9. The summed E-state index contributed by atoms with van der Waals surface area (Å²) in [4.78, 5) is 13.9. The van der Waals surface area contributed by atoms with Gasteiger partial charge in [0.05, 0.1) is 11.0 Å². The molecule has 0 amide bonds. The van der Waals surface area contributed by atoms with E-state index in [4.69, 9.17) is 0 Å². The molecular weight excluding hydrogens is 328 g/mol. The number of aromatic hydroxyl groups is 2. The van der Waals surface area contributed by atoms with E-state index < -0.39 is 4.92 Å². The van der Waals surface area contributed by atoms with E-state index in [1.807, 2.05) is 0 Å². The van der Waals surface area contributed by atoms with Crippen LogP contribution in [0.4, 0.5) is 11.4 Å². The number of hydrogen-bond acceptors (Lipinski definition) is 5. The molecule has 2 aromatic carbocycles. The maximum absolute atomic E-state index is 10.5. The summed E-state index contributed by atoms with van der Waals surface area (Å²) in [5.74, 6) is -0.261. The molecule has 0 fully saturated rings. The molecule has 2 rings (SSSR count). The molecule has 2 N–H and O–H groups in total. The number of phenols is 2. The lowest BCUT2D eigenvalue weighted by atomic mass is 10.2. The predicted molar refractivity (Wildman–Crippen MR) is 77.8 cm³/mol. The first-order valence-corrected chi connectivity index (χ1v) is 6.26. The third-order valence-corrected chi connectivity index (χ3v) is 3.00. The van der Waals surface area contributed by atoms with Crippen molar-refractivity contribution < 1.29 is 15.1 Å². The van der Waals surface area contributed by atoms with Gasteiger partial charge >= 0.3 is 0 Å². The van der Waals surface area contributed by atoms with Gasteiger partial charge in [-0.15, -0.1) is 0 Å². The average molecular weight is 337 g/mol. The Hall–Kier alpha value is -2.41. The van der Waals surface area contributed by atoms with E-state index in [-0.39, 0.29) is 22.9 Å². The quantitative estimate of drug-likeness (QED) is 0.509. The number of benzene rings is 2. The first-order valence-electron chi connectivity index (χ1n) is 5.47. The van der Waals surface area contributed by atoms with Crippen LogP contribution in [0.1, 0.15) is 5.56 Å². The summed E-state index contributed by atoms with van der Waals surface area (Å²) in [5.41, 5.74) is 0.416. The molecule has 0 aliphatic heterocycles. The van der Waals surface area contributed by atoms with Crippen molar-refractivity contribution in [2.45, 2.75) is 0 Å². The van der Waals surface area contributed by atoms with Crippen molar-refractivity contribution in [3.05, 3.63) is 56.5 Å². The number of halogens is 1. The van der Waals surface area contributed by atoms with E-state index in [0.717, 1.165) is 10.5 Å². The van der Waals surface area contributed by atoms with Crippen molar-refractivity contribution in [3.8, 4) is 11.5 Å². The molecule has 0 bridgehead atoms. The van der Waals surface area contributed by atoms with Crippen LogP contribution in [0.2, 0.25) is 0 Å². The summed E-state index contributed by atoms with van der Waals surface area (Å²) in [6, 6.07) is 8.43. The van der Waals surface area contributed by atoms with Gasteiger partial charge in [-0.3, -0.25) is 15.1 Å². The van der Waals surface area contributed by atoms with E-state index in [1.54, 1.807) is 12.1 Å².